The van der Waals surface area contributed by atoms with Crippen molar-refractivity contribution in [3.05, 3.63) is 106 Å². The maximum atomic E-state index is 14.2. The molecule has 1 heterocycles. The molecule has 39 heavy (non-hydrogen) atoms. The number of thioether (sulfide) groups is 1. The van der Waals surface area contributed by atoms with Crippen molar-refractivity contribution in [2.45, 2.75) is 11.4 Å². The van der Waals surface area contributed by atoms with Crippen molar-refractivity contribution in [1.29, 1.82) is 0 Å². The monoisotopic (exact) mass is 583 g/mol. The second-order valence-corrected chi connectivity index (χ2v) is 11.3. The molecule has 0 radical (unpaired) electrons. The predicted octanol–water partition coefficient (Wildman–Crippen LogP) is 6.65. The van der Waals surface area contributed by atoms with Gasteiger partial charge in [0.1, 0.15) is 10.7 Å². The summed E-state index contributed by atoms with van der Waals surface area (Å²) < 4.78 is 51.3. The van der Waals surface area contributed by atoms with E-state index in [1.807, 2.05) is 6.07 Å². The maximum Gasteiger partial charge on any atom is 0.339 e. The minimum absolute atomic E-state index is 0.00959. The van der Waals surface area contributed by atoms with E-state index in [1.54, 1.807) is 30.3 Å². The van der Waals surface area contributed by atoms with E-state index in [2.05, 4.69) is 0 Å². The number of carbonyl (C=O) groups excluding carboxylic acids is 2. The Morgan fingerprint density at radius 3 is 2.49 bits per heavy atom. The van der Waals surface area contributed by atoms with E-state index in [-0.39, 0.29) is 38.4 Å². The van der Waals surface area contributed by atoms with Gasteiger partial charge < -0.3 is 8.92 Å². The summed E-state index contributed by atoms with van der Waals surface area (Å²) in [6.45, 7) is -0.310. The molecule has 4 aromatic rings. The number of hydrogen-bond acceptors (Lipinski definition) is 7. The Bertz CT molecular complexity index is 1750. The van der Waals surface area contributed by atoms with Crippen LogP contribution in [0.25, 0.3) is 16.8 Å². The number of benzene rings is 4. The van der Waals surface area contributed by atoms with E-state index < -0.39 is 27.1 Å². The number of rotatable bonds is 7. The number of fused-ring (bicyclic) bond motifs is 1. The first-order valence-electron chi connectivity index (χ1n) is 11.5. The number of hydrogen-bond donors (Lipinski definition) is 0. The first kappa shape index (κ1) is 26.7. The Balaban J connectivity index is 1.40. The molecule has 11 heteroatoms. The van der Waals surface area contributed by atoms with Crippen LogP contribution in [0.3, 0.4) is 0 Å². The van der Waals surface area contributed by atoms with Gasteiger partial charge in [-0.1, -0.05) is 60.1 Å². The van der Waals surface area contributed by atoms with Crippen LogP contribution in [-0.2, 0) is 21.5 Å². The highest BCUT2D eigenvalue weighted by Gasteiger charge is 2.36. The van der Waals surface area contributed by atoms with Gasteiger partial charge in [0.2, 0.25) is 0 Å². The molecule has 4 aromatic carbocycles. The zero-order chi connectivity index (χ0) is 27.7. The van der Waals surface area contributed by atoms with Gasteiger partial charge in [0.05, 0.1) is 18.6 Å². The molecule has 0 atom stereocenters. The van der Waals surface area contributed by atoms with Crippen LogP contribution in [0.2, 0.25) is 5.02 Å². The lowest BCUT2D eigenvalue weighted by Gasteiger charge is -2.14. The summed E-state index contributed by atoms with van der Waals surface area (Å²) in [7, 11) is -2.86. The number of ether oxygens (including phenoxy) is 1. The summed E-state index contributed by atoms with van der Waals surface area (Å²) in [4.78, 5) is 26.5. The quantitative estimate of drug-likeness (QED) is 0.178. The number of amides is 2. The van der Waals surface area contributed by atoms with Gasteiger partial charge in [-0.05, 0) is 59.1 Å². The third kappa shape index (κ3) is 5.36. The molecular formula is C28H19ClFNO6S2. The van der Waals surface area contributed by atoms with Gasteiger partial charge in [-0.2, -0.15) is 8.42 Å². The standard InChI is InChI=1S/C28H19ClFNO6S2/c1-36-24-14-17(15-25-27(32)31(28(33)38-25)16-20-21(29)9-5-10-22(20)30)12-13-23(24)37-39(34,35)26-11-4-7-18-6-2-3-8-19(18)26/h2-15H,16H2,1H3/b25-15-. The Labute approximate surface area is 232 Å². The van der Waals surface area contributed by atoms with Crippen LogP contribution in [0, 0.1) is 5.82 Å². The first-order chi connectivity index (χ1) is 18.7. The lowest BCUT2D eigenvalue weighted by Crippen LogP contribution is -2.28. The molecule has 1 saturated heterocycles. The molecule has 1 fully saturated rings. The molecule has 2 amide bonds. The molecule has 0 unspecified atom stereocenters. The molecule has 0 aliphatic carbocycles. The van der Waals surface area contributed by atoms with E-state index in [0.29, 0.717) is 22.7 Å². The van der Waals surface area contributed by atoms with Crippen LogP contribution in [0.4, 0.5) is 9.18 Å². The molecule has 0 aromatic heterocycles. The highest BCUT2D eigenvalue weighted by atomic mass is 35.5. The van der Waals surface area contributed by atoms with Crippen molar-refractivity contribution in [3.63, 3.8) is 0 Å². The summed E-state index contributed by atoms with van der Waals surface area (Å²) >= 11 is 6.75. The molecule has 1 aliphatic heterocycles. The molecule has 0 N–H and O–H groups in total. The maximum absolute atomic E-state index is 14.2. The SMILES string of the molecule is COc1cc(/C=C2\SC(=O)N(Cc3c(F)cccc3Cl)C2=O)ccc1OS(=O)(=O)c1cccc2ccccc12. The minimum atomic E-state index is -4.21. The summed E-state index contributed by atoms with van der Waals surface area (Å²) in [5, 5.41) is 0.800. The van der Waals surface area contributed by atoms with E-state index in [0.717, 1.165) is 10.3 Å². The van der Waals surface area contributed by atoms with Crippen molar-refractivity contribution in [2.75, 3.05) is 7.11 Å². The fraction of sp³-hybridized carbons (Fsp3) is 0.0714. The summed E-state index contributed by atoms with van der Waals surface area (Å²) in [6, 6.07) is 20.5. The average molecular weight is 584 g/mol. The van der Waals surface area contributed by atoms with Crippen molar-refractivity contribution >= 4 is 61.5 Å². The van der Waals surface area contributed by atoms with Crippen LogP contribution < -0.4 is 8.92 Å². The Hall–Kier alpha value is -3.86. The largest absolute Gasteiger partial charge is 0.493 e. The van der Waals surface area contributed by atoms with Gasteiger partial charge in [-0.25, -0.2) is 4.39 Å². The zero-order valence-electron chi connectivity index (χ0n) is 20.3. The number of nitrogens with zero attached hydrogens (tertiary/aromatic N) is 1. The molecule has 7 nitrogen and oxygen atoms in total. The number of carbonyl (C=O) groups is 2. The fourth-order valence-electron chi connectivity index (χ4n) is 4.05. The van der Waals surface area contributed by atoms with Crippen molar-refractivity contribution < 1.29 is 31.3 Å². The normalized spacial score (nSPS) is 14.8. The predicted molar refractivity (Wildman–Crippen MR) is 148 cm³/mol. The number of halogens is 2. The first-order valence-corrected chi connectivity index (χ1v) is 14.1. The molecule has 0 spiro atoms. The second kappa shape index (κ2) is 10.7. The Morgan fingerprint density at radius 1 is 0.974 bits per heavy atom. The van der Waals surface area contributed by atoms with Crippen LogP contribution in [-0.4, -0.2) is 31.6 Å². The highest BCUT2D eigenvalue weighted by Crippen LogP contribution is 2.37. The van der Waals surface area contributed by atoms with Crippen LogP contribution in [0.5, 0.6) is 11.5 Å². The van der Waals surface area contributed by atoms with Gasteiger partial charge in [0.25, 0.3) is 11.1 Å². The van der Waals surface area contributed by atoms with Gasteiger partial charge in [0, 0.05) is 16.0 Å². The lowest BCUT2D eigenvalue weighted by atomic mass is 10.1. The number of imide groups is 1. The van der Waals surface area contributed by atoms with Crippen molar-refractivity contribution in [2.24, 2.45) is 0 Å². The summed E-state index contributed by atoms with van der Waals surface area (Å²) in [6.07, 6.45) is 1.46. The van der Waals surface area contributed by atoms with E-state index in [9.17, 15) is 22.4 Å². The summed E-state index contributed by atoms with van der Waals surface area (Å²) in [5.41, 5.74) is 0.495. The second-order valence-electron chi connectivity index (χ2n) is 8.39. The van der Waals surface area contributed by atoms with E-state index in [1.165, 1.54) is 55.7 Å². The zero-order valence-corrected chi connectivity index (χ0v) is 22.6. The topological polar surface area (TPSA) is 90.0 Å². The average Bonchev–Trinajstić information content (AvgIpc) is 3.18. The van der Waals surface area contributed by atoms with E-state index in [4.69, 9.17) is 20.5 Å². The highest BCUT2D eigenvalue weighted by molar-refractivity contribution is 8.18. The third-order valence-corrected chi connectivity index (χ3v) is 8.51. The molecule has 0 bridgehead atoms. The molecule has 1 aliphatic rings. The van der Waals surface area contributed by atoms with Gasteiger partial charge in [0.15, 0.2) is 11.5 Å². The third-order valence-electron chi connectivity index (χ3n) is 5.96. The number of methoxy groups -OCH3 is 1. The molecule has 5 rings (SSSR count). The molecular weight excluding hydrogens is 565 g/mol. The van der Waals surface area contributed by atoms with Gasteiger partial charge in [-0.3, -0.25) is 14.5 Å². The smallest absolute Gasteiger partial charge is 0.339 e. The minimum Gasteiger partial charge on any atom is -0.493 e. The fourth-order valence-corrected chi connectivity index (χ4v) is 6.27. The van der Waals surface area contributed by atoms with Crippen molar-refractivity contribution in [1.82, 2.24) is 4.90 Å². The van der Waals surface area contributed by atoms with E-state index >= 15 is 0 Å². The molecule has 0 saturated carbocycles. The molecule has 198 valence electrons. The van der Waals surface area contributed by atoms with Crippen LogP contribution in [0.1, 0.15) is 11.1 Å². The lowest BCUT2D eigenvalue weighted by molar-refractivity contribution is -0.123. The van der Waals surface area contributed by atoms with Crippen LogP contribution >= 0.6 is 23.4 Å². The van der Waals surface area contributed by atoms with Crippen LogP contribution in [0.15, 0.2) is 88.7 Å². The Kier molecular flexibility index (Phi) is 7.35. The van der Waals surface area contributed by atoms with Gasteiger partial charge in [-0.15, -0.1) is 0 Å². The summed E-state index contributed by atoms with van der Waals surface area (Å²) in [5.74, 6) is -1.18. The van der Waals surface area contributed by atoms with Gasteiger partial charge >= 0.3 is 10.1 Å². The Morgan fingerprint density at radius 2 is 1.72 bits per heavy atom. The van der Waals surface area contributed by atoms with Crippen molar-refractivity contribution in [3.8, 4) is 11.5 Å².